The zero-order valence-electron chi connectivity index (χ0n) is 23.9. The van der Waals surface area contributed by atoms with Gasteiger partial charge in [-0.3, -0.25) is 32.7 Å². The van der Waals surface area contributed by atoms with Crippen molar-refractivity contribution in [1.29, 1.82) is 0 Å². The number of rotatable bonds is 8. The van der Waals surface area contributed by atoms with Crippen molar-refractivity contribution < 1.29 is 46.7 Å². The number of phosphoric acid groups is 1. The maximum atomic E-state index is 13.6. The van der Waals surface area contributed by atoms with Crippen molar-refractivity contribution in [3.05, 3.63) is 78.4 Å². The first-order valence-electron chi connectivity index (χ1n) is 13.1. The van der Waals surface area contributed by atoms with Gasteiger partial charge in [0.25, 0.3) is 5.56 Å². The summed E-state index contributed by atoms with van der Waals surface area (Å²) in [7, 11) is -4.41. The third kappa shape index (κ3) is 7.87. The highest BCUT2D eigenvalue weighted by molar-refractivity contribution is 7.48. The van der Waals surface area contributed by atoms with Crippen molar-refractivity contribution in [1.82, 2.24) is 9.55 Å². The fourth-order valence-corrected chi connectivity index (χ4v) is 6.03. The predicted molar refractivity (Wildman–Crippen MR) is 149 cm³/mol. The van der Waals surface area contributed by atoms with E-state index in [1.54, 1.807) is 45.0 Å². The maximum Gasteiger partial charge on any atom is 0.509 e. The van der Waals surface area contributed by atoms with Crippen molar-refractivity contribution in [2.45, 2.75) is 70.0 Å². The first kappa shape index (κ1) is 33.2. The number of benzene rings is 1. The molecule has 0 unspecified atom stereocenters. The van der Waals surface area contributed by atoms with Crippen LogP contribution < -0.4 is 11.2 Å². The number of nitrogens with one attached hydrogen (secondary N) is 1. The first-order chi connectivity index (χ1) is 20.6. The van der Waals surface area contributed by atoms with Gasteiger partial charge in [0, 0.05) is 35.5 Å². The molecule has 2 saturated heterocycles. The Morgan fingerprint density at radius 3 is 2.66 bits per heavy atom. The van der Waals surface area contributed by atoms with E-state index < -0.39 is 73.7 Å². The summed E-state index contributed by atoms with van der Waals surface area (Å²) in [5, 5.41) is 4.05. The molecule has 2 aromatic rings. The molecule has 0 saturated carbocycles. The number of aromatic nitrogens is 2. The van der Waals surface area contributed by atoms with Gasteiger partial charge in [0.05, 0.1) is 19.3 Å². The number of hydrogen-bond acceptors (Lipinski definition) is 13. The number of carbonyl (C=O) groups is 2. The molecule has 3 heterocycles. The monoisotopic (exact) mass is 657 g/mol. The van der Waals surface area contributed by atoms with Crippen LogP contribution in [-0.2, 0) is 41.9 Å². The zero-order valence-corrected chi connectivity index (χ0v) is 25.6. The van der Waals surface area contributed by atoms with Crippen molar-refractivity contribution >= 4 is 31.5 Å². The van der Waals surface area contributed by atoms with Gasteiger partial charge in [-0.25, -0.2) is 14.2 Å². The van der Waals surface area contributed by atoms with Crippen LogP contribution in [0.4, 0.5) is 4.79 Å². The molecule has 44 heavy (non-hydrogen) atoms. The lowest BCUT2D eigenvalue weighted by atomic mass is 10.1. The third-order valence-electron chi connectivity index (χ3n) is 6.14. The van der Waals surface area contributed by atoms with Gasteiger partial charge in [-0.05, 0) is 44.0 Å². The van der Waals surface area contributed by atoms with Crippen molar-refractivity contribution in [2.24, 2.45) is 5.11 Å². The average Bonchev–Trinajstić information content (AvgIpc) is 3.19. The molecule has 6 atom stereocenters. The van der Waals surface area contributed by atoms with E-state index in [4.69, 9.17) is 44.1 Å². The molecule has 0 radical (unpaired) electrons. The number of aromatic amines is 1. The maximum absolute atomic E-state index is 13.6. The Morgan fingerprint density at radius 2 is 2.02 bits per heavy atom. The van der Waals surface area contributed by atoms with E-state index in [0.29, 0.717) is 17.0 Å². The van der Waals surface area contributed by atoms with E-state index in [2.05, 4.69) is 10.0 Å². The van der Waals surface area contributed by atoms with Crippen LogP contribution in [0.3, 0.4) is 0 Å². The van der Waals surface area contributed by atoms with E-state index in [0.717, 1.165) is 23.8 Å². The molecule has 238 valence electrons. The number of phosphoric ester groups is 1. The second kappa shape index (κ2) is 13.1. The lowest BCUT2D eigenvalue weighted by molar-refractivity contribution is -0.166. The average molecular weight is 658 g/mol. The molecule has 1 aromatic heterocycles. The van der Waals surface area contributed by atoms with Gasteiger partial charge in [-0.15, -0.1) is 0 Å². The number of nitrogens with zero attached hydrogens (tertiary/aromatic N) is 4. The Kier molecular flexibility index (Phi) is 9.90. The summed E-state index contributed by atoms with van der Waals surface area (Å²) in [6.07, 6.45) is -5.95. The second-order valence-electron chi connectivity index (χ2n) is 10.6. The second-order valence-corrected chi connectivity index (χ2v) is 12.7. The highest BCUT2D eigenvalue weighted by Crippen LogP contribution is 2.58. The number of esters is 1. The molecular weight excluding hydrogens is 629 g/mol. The fourth-order valence-electron chi connectivity index (χ4n) is 4.42. The molecule has 2 fully saturated rings. The number of halogens is 1. The molecule has 4 rings (SSSR count). The third-order valence-corrected chi connectivity index (χ3v) is 7.83. The number of azide groups is 1. The van der Waals surface area contributed by atoms with Crippen LogP contribution in [0.5, 0.6) is 0 Å². The van der Waals surface area contributed by atoms with Gasteiger partial charge < -0.3 is 18.9 Å². The summed E-state index contributed by atoms with van der Waals surface area (Å²) in [6.45, 7) is 4.68. The van der Waals surface area contributed by atoms with Gasteiger partial charge in [0.15, 0.2) is 18.4 Å². The summed E-state index contributed by atoms with van der Waals surface area (Å²) >= 11 is 6.08. The van der Waals surface area contributed by atoms with Gasteiger partial charge in [0.1, 0.15) is 5.60 Å². The van der Waals surface area contributed by atoms with Crippen LogP contribution >= 0.6 is 19.4 Å². The molecular formula is C25H29ClN5O12P. The standard InChI is InChI=1S/C25H29ClN5O12P/c1-14(32)39-20-19(40-23(35)42-24(2,3)4)21(31-10-8-18(33)28-22(31)34)41-25(20,29-30-27)13-38-44(36)37-11-9-17(43-44)15-6-5-7-16(26)12-15/h5-8,10,12,17,19-21H,9,11,13H2,1-4H3,(H,28,33,34)/t17-,19+,20-,21+,25+,44+/m0/s1. The molecule has 0 amide bonds. The lowest BCUT2D eigenvalue weighted by Gasteiger charge is -2.33. The number of H-pyrrole nitrogens is 1. The van der Waals surface area contributed by atoms with Crippen LogP contribution in [0.15, 0.2) is 51.2 Å². The van der Waals surface area contributed by atoms with Gasteiger partial charge in [0.2, 0.25) is 5.72 Å². The van der Waals surface area contributed by atoms with Crippen LogP contribution in [0.2, 0.25) is 5.02 Å². The molecule has 1 aromatic carbocycles. The molecule has 0 aliphatic carbocycles. The zero-order chi connectivity index (χ0) is 32.3. The summed E-state index contributed by atoms with van der Waals surface area (Å²) in [4.78, 5) is 54.3. The van der Waals surface area contributed by atoms with E-state index in [1.165, 1.54) is 0 Å². The van der Waals surface area contributed by atoms with Crippen LogP contribution in [-0.4, -0.2) is 58.4 Å². The minimum absolute atomic E-state index is 0.0585. The van der Waals surface area contributed by atoms with Crippen LogP contribution in [0.25, 0.3) is 10.4 Å². The van der Waals surface area contributed by atoms with Crippen molar-refractivity contribution in [3.63, 3.8) is 0 Å². The largest absolute Gasteiger partial charge is 0.509 e. The van der Waals surface area contributed by atoms with Gasteiger partial charge in [-0.1, -0.05) is 28.8 Å². The first-order valence-corrected chi connectivity index (χ1v) is 14.9. The lowest BCUT2D eigenvalue weighted by Crippen LogP contribution is -2.49. The van der Waals surface area contributed by atoms with E-state index >= 15 is 0 Å². The SMILES string of the molecule is CC(=O)O[C@H]1[C@@H](OC(=O)OC(C)(C)C)[C@H](n2ccc(=O)[nH]c2=O)O[C@@]1(CO[P@@]1(=O)OCC[C@@H](c2cccc(Cl)c2)O1)N=[N+]=[N-]. The van der Waals surface area contributed by atoms with Crippen molar-refractivity contribution in [2.75, 3.05) is 13.2 Å². The molecule has 0 bridgehead atoms. The highest BCUT2D eigenvalue weighted by atomic mass is 35.5. The Hall–Kier alpha value is -3.69. The normalized spacial score (nSPS) is 28.5. The topological polar surface area (TPSA) is 219 Å². The Balaban J connectivity index is 1.72. The van der Waals surface area contributed by atoms with Crippen molar-refractivity contribution in [3.8, 4) is 0 Å². The summed E-state index contributed by atoms with van der Waals surface area (Å²) in [5.41, 5.74) is 4.88. The molecule has 17 nitrogen and oxygen atoms in total. The highest BCUT2D eigenvalue weighted by Gasteiger charge is 2.62. The molecule has 0 spiro atoms. The van der Waals surface area contributed by atoms with Crippen LogP contribution in [0, 0.1) is 0 Å². The smallest absolute Gasteiger partial charge is 0.455 e. The summed E-state index contributed by atoms with van der Waals surface area (Å²) in [6, 6.07) is 7.62. The summed E-state index contributed by atoms with van der Waals surface area (Å²) in [5.74, 6) is -0.943. The Bertz CT molecular complexity index is 1620. The number of hydrogen-bond donors (Lipinski definition) is 1. The molecule has 1 N–H and O–H groups in total. The van der Waals surface area contributed by atoms with E-state index in [1.807, 2.05) is 4.98 Å². The fraction of sp³-hybridized carbons (Fsp3) is 0.520. The van der Waals surface area contributed by atoms with Gasteiger partial charge >= 0.3 is 25.6 Å². The molecule has 2 aliphatic heterocycles. The minimum atomic E-state index is -4.41. The molecule has 2 aliphatic rings. The Labute approximate surface area is 254 Å². The summed E-state index contributed by atoms with van der Waals surface area (Å²) < 4.78 is 52.9. The van der Waals surface area contributed by atoms with E-state index in [9.17, 15) is 29.3 Å². The number of ether oxygens (including phenoxy) is 4. The Morgan fingerprint density at radius 1 is 1.27 bits per heavy atom. The minimum Gasteiger partial charge on any atom is -0.455 e. The number of carbonyl (C=O) groups excluding carboxylic acids is 2. The van der Waals surface area contributed by atoms with Crippen LogP contribution in [0.1, 0.15) is 52.0 Å². The predicted octanol–water partition coefficient (Wildman–Crippen LogP) is 4.28. The van der Waals surface area contributed by atoms with E-state index in [-0.39, 0.29) is 6.61 Å². The quantitative estimate of drug-likeness (QED) is 0.138. The van der Waals surface area contributed by atoms with Gasteiger partial charge in [-0.2, -0.15) is 0 Å². The molecule has 19 heteroatoms.